The topological polar surface area (TPSA) is 24.3 Å². The predicted molar refractivity (Wildman–Crippen MR) is 91.6 cm³/mol. The molecule has 0 fully saturated rings. The van der Waals surface area contributed by atoms with Gasteiger partial charge in [0.1, 0.15) is 5.82 Å². The van der Waals surface area contributed by atoms with Gasteiger partial charge < -0.3 is 9.47 Å². The van der Waals surface area contributed by atoms with Crippen LogP contribution in [0.25, 0.3) is 0 Å². The Morgan fingerprint density at radius 2 is 1.55 bits per heavy atom. The summed E-state index contributed by atoms with van der Waals surface area (Å²) in [6.07, 6.45) is 3.95. The molecule has 0 saturated carbocycles. The summed E-state index contributed by atoms with van der Waals surface area (Å²) in [4.78, 5) is 8.98. The first-order valence-electron chi connectivity index (χ1n) is 7.88. The van der Waals surface area contributed by atoms with Crippen LogP contribution < -0.4 is 0 Å². The maximum absolute atomic E-state index is 4.48. The lowest BCUT2D eigenvalue weighted by Crippen LogP contribution is -2.20. The van der Waals surface area contributed by atoms with Gasteiger partial charge in [0.25, 0.3) is 0 Å². The zero-order chi connectivity index (χ0) is 16.1. The molecule has 0 bridgehead atoms. The average Bonchev–Trinajstić information content (AvgIpc) is 2.88. The molecule has 0 aliphatic carbocycles. The van der Waals surface area contributed by atoms with Crippen LogP contribution in [0.5, 0.6) is 0 Å². The van der Waals surface area contributed by atoms with E-state index >= 15 is 0 Å². The van der Waals surface area contributed by atoms with E-state index in [0.717, 1.165) is 25.5 Å². The predicted octanol–water partition coefficient (Wildman–Crippen LogP) is 3.16. The molecule has 0 unspecified atom stereocenters. The maximum atomic E-state index is 4.48. The molecule has 0 amide bonds. The van der Waals surface area contributed by atoms with Crippen LogP contribution in [0.2, 0.25) is 0 Å². The molecule has 0 saturated heterocycles. The van der Waals surface area contributed by atoms with Gasteiger partial charge in [0.2, 0.25) is 0 Å². The number of nitrogens with zero attached hydrogens (tertiary/aromatic N) is 4. The number of hydrogen-bond donors (Lipinski definition) is 0. The smallest absolute Gasteiger partial charge is 0.123 e. The van der Waals surface area contributed by atoms with Crippen LogP contribution in [0.15, 0.2) is 36.7 Å². The average molecular weight is 300 g/mol. The molecular weight excluding hydrogens is 272 g/mol. The molecule has 4 heteroatoms. The lowest BCUT2D eigenvalue weighted by Gasteiger charge is -2.19. The summed E-state index contributed by atoms with van der Waals surface area (Å²) in [7, 11) is 6.34. The third-order valence-electron chi connectivity index (χ3n) is 3.69. The van der Waals surface area contributed by atoms with E-state index in [1.165, 1.54) is 11.1 Å². The fourth-order valence-electron chi connectivity index (χ4n) is 2.66. The molecule has 0 N–H and O–H groups in total. The summed E-state index contributed by atoms with van der Waals surface area (Å²) >= 11 is 0. The second-order valence-corrected chi connectivity index (χ2v) is 6.57. The molecule has 22 heavy (non-hydrogen) atoms. The first kappa shape index (κ1) is 16.7. The standard InChI is InChI=1S/C18H28N4/c1-15(2)22-11-10-19-18(22)14-21(5)13-17-8-6-16(7-9-17)12-20(3)4/h6-11,15H,12-14H2,1-5H3. The van der Waals surface area contributed by atoms with Crippen LogP contribution in [0.4, 0.5) is 0 Å². The van der Waals surface area contributed by atoms with Gasteiger partial charge in [0, 0.05) is 31.5 Å². The number of aromatic nitrogens is 2. The van der Waals surface area contributed by atoms with Crippen LogP contribution in [0.3, 0.4) is 0 Å². The Kier molecular flexibility index (Phi) is 5.75. The minimum Gasteiger partial charge on any atom is -0.331 e. The molecule has 2 rings (SSSR count). The summed E-state index contributed by atoms with van der Waals surface area (Å²) in [5, 5.41) is 0. The Labute approximate surface area is 134 Å². The van der Waals surface area contributed by atoms with Crippen molar-refractivity contribution in [2.45, 2.75) is 39.5 Å². The number of imidazole rings is 1. The Morgan fingerprint density at radius 3 is 2.09 bits per heavy atom. The molecule has 1 heterocycles. The molecule has 0 atom stereocenters. The summed E-state index contributed by atoms with van der Waals surface area (Å²) in [5.74, 6) is 1.13. The Bertz CT molecular complexity index is 569. The SMILES string of the molecule is CC(C)n1ccnc1CN(C)Cc1ccc(CN(C)C)cc1. The highest BCUT2D eigenvalue weighted by Crippen LogP contribution is 2.12. The molecule has 2 aromatic rings. The van der Waals surface area contributed by atoms with Gasteiger partial charge in [-0.15, -0.1) is 0 Å². The van der Waals surface area contributed by atoms with Gasteiger partial charge in [0.05, 0.1) is 6.54 Å². The van der Waals surface area contributed by atoms with Gasteiger partial charge in [-0.1, -0.05) is 24.3 Å². The quantitative estimate of drug-likeness (QED) is 0.785. The van der Waals surface area contributed by atoms with Crippen molar-refractivity contribution < 1.29 is 0 Å². The maximum Gasteiger partial charge on any atom is 0.123 e. The van der Waals surface area contributed by atoms with Crippen molar-refractivity contribution in [3.63, 3.8) is 0 Å². The van der Waals surface area contributed by atoms with E-state index in [-0.39, 0.29) is 0 Å². The minimum absolute atomic E-state index is 0.455. The first-order valence-corrected chi connectivity index (χ1v) is 7.88. The van der Waals surface area contributed by atoms with Crippen molar-refractivity contribution in [2.24, 2.45) is 0 Å². The first-order chi connectivity index (χ1) is 10.5. The monoisotopic (exact) mass is 300 g/mol. The zero-order valence-electron chi connectivity index (χ0n) is 14.5. The third kappa shape index (κ3) is 4.68. The van der Waals surface area contributed by atoms with Crippen molar-refractivity contribution in [1.82, 2.24) is 19.4 Å². The molecule has 1 aromatic carbocycles. The minimum atomic E-state index is 0.455. The fourth-order valence-corrected chi connectivity index (χ4v) is 2.66. The highest BCUT2D eigenvalue weighted by Gasteiger charge is 2.09. The van der Waals surface area contributed by atoms with Crippen LogP contribution in [0, 0.1) is 0 Å². The van der Waals surface area contributed by atoms with Crippen LogP contribution in [0.1, 0.15) is 36.8 Å². The molecule has 1 aromatic heterocycles. The van der Waals surface area contributed by atoms with E-state index < -0.39 is 0 Å². The molecular formula is C18H28N4. The lowest BCUT2D eigenvalue weighted by molar-refractivity contribution is 0.302. The molecule has 0 aliphatic heterocycles. The van der Waals surface area contributed by atoms with E-state index in [9.17, 15) is 0 Å². The molecule has 0 spiro atoms. The Morgan fingerprint density at radius 1 is 0.955 bits per heavy atom. The van der Waals surface area contributed by atoms with Crippen LogP contribution in [-0.2, 0) is 19.6 Å². The van der Waals surface area contributed by atoms with Crippen LogP contribution in [-0.4, -0.2) is 40.5 Å². The van der Waals surface area contributed by atoms with E-state index in [4.69, 9.17) is 0 Å². The van der Waals surface area contributed by atoms with Crippen molar-refractivity contribution in [3.05, 3.63) is 53.6 Å². The Hall–Kier alpha value is -1.65. The zero-order valence-corrected chi connectivity index (χ0v) is 14.5. The van der Waals surface area contributed by atoms with E-state index in [2.05, 4.69) is 84.8 Å². The molecule has 0 aliphatic rings. The van der Waals surface area contributed by atoms with Crippen molar-refractivity contribution >= 4 is 0 Å². The fraction of sp³-hybridized carbons (Fsp3) is 0.500. The van der Waals surface area contributed by atoms with Crippen molar-refractivity contribution in [1.29, 1.82) is 0 Å². The summed E-state index contributed by atoms with van der Waals surface area (Å²) in [6, 6.07) is 9.35. The Balaban J connectivity index is 1.94. The van der Waals surface area contributed by atoms with E-state index in [1.807, 2.05) is 6.20 Å². The molecule has 0 radical (unpaired) electrons. The number of benzene rings is 1. The van der Waals surface area contributed by atoms with Gasteiger partial charge in [-0.25, -0.2) is 4.98 Å². The summed E-state index contributed by atoms with van der Waals surface area (Å²) < 4.78 is 2.23. The van der Waals surface area contributed by atoms with Gasteiger partial charge in [-0.05, 0) is 46.1 Å². The van der Waals surface area contributed by atoms with Gasteiger partial charge in [0.15, 0.2) is 0 Å². The highest BCUT2D eigenvalue weighted by molar-refractivity contribution is 5.22. The van der Waals surface area contributed by atoms with Crippen molar-refractivity contribution in [2.75, 3.05) is 21.1 Å². The lowest BCUT2D eigenvalue weighted by atomic mass is 10.1. The normalized spacial score (nSPS) is 11.8. The van der Waals surface area contributed by atoms with Gasteiger partial charge in [-0.3, -0.25) is 4.90 Å². The van der Waals surface area contributed by atoms with Crippen molar-refractivity contribution in [3.8, 4) is 0 Å². The number of rotatable bonds is 7. The van der Waals surface area contributed by atoms with E-state index in [1.54, 1.807) is 0 Å². The third-order valence-corrected chi connectivity index (χ3v) is 3.69. The van der Waals surface area contributed by atoms with Gasteiger partial charge in [-0.2, -0.15) is 0 Å². The summed E-state index contributed by atoms with van der Waals surface area (Å²) in [6.45, 7) is 7.17. The second kappa shape index (κ2) is 7.56. The molecule has 4 nitrogen and oxygen atoms in total. The second-order valence-electron chi connectivity index (χ2n) is 6.57. The van der Waals surface area contributed by atoms with Crippen LogP contribution >= 0.6 is 0 Å². The highest BCUT2D eigenvalue weighted by atomic mass is 15.2. The largest absolute Gasteiger partial charge is 0.331 e. The van der Waals surface area contributed by atoms with E-state index in [0.29, 0.717) is 6.04 Å². The summed E-state index contributed by atoms with van der Waals surface area (Å²) in [5.41, 5.74) is 2.69. The molecule has 120 valence electrons. The number of hydrogen-bond acceptors (Lipinski definition) is 3. The van der Waals surface area contributed by atoms with Gasteiger partial charge >= 0.3 is 0 Å².